The smallest absolute Gasteiger partial charge is 0.184 e. The Morgan fingerprint density at radius 2 is 1.88 bits per heavy atom. The van der Waals surface area contributed by atoms with Crippen LogP contribution in [0.25, 0.3) is 0 Å². The van der Waals surface area contributed by atoms with Crippen LogP contribution in [-0.2, 0) is 12.8 Å². The molecule has 0 saturated carbocycles. The van der Waals surface area contributed by atoms with E-state index in [0.717, 1.165) is 24.1 Å². The second-order valence-electron chi connectivity index (χ2n) is 4.59. The number of aryl methyl sites for hydroxylation is 1. The average molecular weight is 218 g/mol. The molecule has 0 amide bonds. The quantitative estimate of drug-likeness (QED) is 0.716. The third-order valence-electron chi connectivity index (χ3n) is 2.88. The van der Waals surface area contributed by atoms with Crippen molar-refractivity contribution >= 4 is 5.82 Å². The van der Waals surface area contributed by atoms with Gasteiger partial charge in [-0.1, -0.05) is 0 Å². The Hall–Kier alpha value is -1.32. The number of rotatable bonds is 2. The highest BCUT2D eigenvalue weighted by Gasteiger charge is 2.16. The maximum Gasteiger partial charge on any atom is 0.199 e. The highest BCUT2D eigenvalue weighted by atomic mass is 15.2. The maximum atomic E-state index is 4.25. The van der Waals surface area contributed by atoms with Crippen LogP contribution in [-0.4, -0.2) is 16.2 Å². The van der Waals surface area contributed by atoms with Gasteiger partial charge in [0, 0.05) is 5.56 Å². The van der Waals surface area contributed by atoms with Gasteiger partial charge in [-0.3, -0.25) is 0 Å². The molecule has 0 unspecified atom stereocenters. The number of hydrogen-bond acceptors (Lipinski definition) is 4. The first kappa shape index (κ1) is 11.2. The van der Waals surface area contributed by atoms with Gasteiger partial charge >= 0.3 is 0 Å². The molecule has 1 aliphatic rings. The molecular weight excluding hydrogens is 200 g/mol. The summed E-state index contributed by atoms with van der Waals surface area (Å²) in [5.41, 5.74) is 3.67. The first-order valence-electron chi connectivity index (χ1n) is 5.94. The summed E-state index contributed by atoms with van der Waals surface area (Å²) in [5.74, 6) is 0.689. The van der Waals surface area contributed by atoms with Gasteiger partial charge in [-0.05, 0) is 52.0 Å². The summed E-state index contributed by atoms with van der Waals surface area (Å²) in [7, 11) is 0. The van der Waals surface area contributed by atoms with Crippen LogP contribution in [0.4, 0.5) is 5.82 Å². The standard InChI is InChI=1S/C12H18N4/c1-8(2)13-15-12-9(3)10-6-4-5-7-11(10)14-16-12/h8H,4-7H2,1-3H3. The van der Waals surface area contributed by atoms with Gasteiger partial charge in [0.05, 0.1) is 11.7 Å². The molecule has 0 N–H and O–H groups in total. The fourth-order valence-electron chi connectivity index (χ4n) is 1.99. The van der Waals surface area contributed by atoms with E-state index >= 15 is 0 Å². The van der Waals surface area contributed by atoms with Gasteiger partial charge in [0.1, 0.15) is 0 Å². The summed E-state index contributed by atoms with van der Waals surface area (Å²) in [4.78, 5) is 0. The lowest BCUT2D eigenvalue weighted by Crippen LogP contribution is -2.08. The first-order chi connectivity index (χ1) is 7.68. The van der Waals surface area contributed by atoms with Crippen molar-refractivity contribution in [3.8, 4) is 0 Å². The van der Waals surface area contributed by atoms with Gasteiger partial charge in [0.25, 0.3) is 0 Å². The van der Waals surface area contributed by atoms with Crippen molar-refractivity contribution in [2.24, 2.45) is 10.2 Å². The molecule has 1 aromatic heterocycles. The van der Waals surface area contributed by atoms with E-state index in [-0.39, 0.29) is 6.04 Å². The van der Waals surface area contributed by atoms with Gasteiger partial charge in [-0.15, -0.1) is 10.2 Å². The van der Waals surface area contributed by atoms with Crippen molar-refractivity contribution < 1.29 is 0 Å². The summed E-state index contributed by atoms with van der Waals surface area (Å²) in [5, 5.41) is 16.7. The Labute approximate surface area is 96.2 Å². The van der Waals surface area contributed by atoms with Crippen molar-refractivity contribution in [2.45, 2.75) is 52.5 Å². The summed E-state index contributed by atoms with van der Waals surface area (Å²) in [6.45, 7) is 6.09. The molecule has 0 aliphatic heterocycles. The van der Waals surface area contributed by atoms with Crippen LogP contribution < -0.4 is 0 Å². The summed E-state index contributed by atoms with van der Waals surface area (Å²) in [6.07, 6.45) is 4.65. The molecule has 1 aliphatic carbocycles. The average Bonchev–Trinajstić information content (AvgIpc) is 2.28. The molecule has 1 aromatic rings. The third-order valence-corrected chi connectivity index (χ3v) is 2.88. The van der Waals surface area contributed by atoms with E-state index in [0.29, 0.717) is 5.82 Å². The molecule has 0 radical (unpaired) electrons. The Balaban J connectivity index is 2.34. The normalized spacial score (nSPS) is 15.8. The SMILES string of the molecule is Cc1c(N=NC(C)C)nnc2c1CCCC2. The van der Waals surface area contributed by atoms with Crippen LogP contribution in [0.1, 0.15) is 43.5 Å². The Morgan fingerprint density at radius 3 is 2.62 bits per heavy atom. The summed E-state index contributed by atoms with van der Waals surface area (Å²) < 4.78 is 0. The highest BCUT2D eigenvalue weighted by molar-refractivity contribution is 5.44. The predicted molar refractivity (Wildman–Crippen MR) is 63.1 cm³/mol. The van der Waals surface area contributed by atoms with Crippen LogP contribution in [0.5, 0.6) is 0 Å². The molecule has 86 valence electrons. The molecule has 1 heterocycles. The number of fused-ring (bicyclic) bond motifs is 1. The fourth-order valence-corrected chi connectivity index (χ4v) is 1.99. The van der Waals surface area contributed by atoms with E-state index in [2.05, 4.69) is 27.3 Å². The Bertz CT molecular complexity index is 410. The van der Waals surface area contributed by atoms with Crippen LogP contribution >= 0.6 is 0 Å². The fraction of sp³-hybridized carbons (Fsp3) is 0.667. The van der Waals surface area contributed by atoms with Gasteiger partial charge in [-0.25, -0.2) is 0 Å². The lowest BCUT2D eigenvalue weighted by Gasteiger charge is -2.16. The maximum absolute atomic E-state index is 4.25. The molecule has 0 bridgehead atoms. The van der Waals surface area contributed by atoms with E-state index in [1.807, 2.05) is 13.8 Å². The predicted octanol–water partition coefficient (Wildman–Crippen LogP) is 3.16. The van der Waals surface area contributed by atoms with Crippen LogP contribution in [0.2, 0.25) is 0 Å². The second-order valence-corrected chi connectivity index (χ2v) is 4.59. The van der Waals surface area contributed by atoms with Crippen molar-refractivity contribution in [1.82, 2.24) is 10.2 Å². The van der Waals surface area contributed by atoms with Crippen molar-refractivity contribution in [3.63, 3.8) is 0 Å². The molecule has 2 rings (SSSR count). The van der Waals surface area contributed by atoms with Crippen molar-refractivity contribution in [1.29, 1.82) is 0 Å². The minimum Gasteiger partial charge on any atom is -0.184 e. The molecule has 4 heteroatoms. The first-order valence-corrected chi connectivity index (χ1v) is 5.94. The molecule has 4 nitrogen and oxygen atoms in total. The molecular formula is C12H18N4. The zero-order chi connectivity index (χ0) is 11.5. The number of aromatic nitrogens is 2. The largest absolute Gasteiger partial charge is 0.199 e. The van der Waals surface area contributed by atoms with E-state index in [9.17, 15) is 0 Å². The lowest BCUT2D eigenvalue weighted by molar-refractivity contribution is 0.648. The molecule has 0 saturated heterocycles. The van der Waals surface area contributed by atoms with Gasteiger partial charge < -0.3 is 0 Å². The molecule has 16 heavy (non-hydrogen) atoms. The topological polar surface area (TPSA) is 50.5 Å². The highest BCUT2D eigenvalue weighted by Crippen LogP contribution is 2.27. The Morgan fingerprint density at radius 1 is 1.12 bits per heavy atom. The number of azo groups is 1. The van der Waals surface area contributed by atoms with E-state index < -0.39 is 0 Å². The molecule has 0 aromatic carbocycles. The van der Waals surface area contributed by atoms with Crippen LogP contribution in [0.3, 0.4) is 0 Å². The van der Waals surface area contributed by atoms with Crippen LogP contribution in [0.15, 0.2) is 10.2 Å². The molecule has 0 spiro atoms. The van der Waals surface area contributed by atoms with E-state index in [4.69, 9.17) is 0 Å². The molecule has 0 fully saturated rings. The monoisotopic (exact) mass is 218 g/mol. The third kappa shape index (κ3) is 2.26. The zero-order valence-electron chi connectivity index (χ0n) is 10.2. The minimum atomic E-state index is 0.206. The van der Waals surface area contributed by atoms with Gasteiger partial charge in [0.2, 0.25) is 0 Å². The van der Waals surface area contributed by atoms with Gasteiger partial charge in [-0.2, -0.15) is 10.2 Å². The minimum absolute atomic E-state index is 0.206. The molecule has 0 atom stereocenters. The van der Waals surface area contributed by atoms with Gasteiger partial charge in [0.15, 0.2) is 5.82 Å². The van der Waals surface area contributed by atoms with Crippen molar-refractivity contribution in [3.05, 3.63) is 16.8 Å². The summed E-state index contributed by atoms with van der Waals surface area (Å²) in [6, 6.07) is 0.206. The number of nitrogens with zero attached hydrogens (tertiary/aromatic N) is 4. The van der Waals surface area contributed by atoms with Crippen LogP contribution in [0, 0.1) is 6.92 Å². The Kier molecular flexibility index (Phi) is 3.27. The van der Waals surface area contributed by atoms with Crippen molar-refractivity contribution in [2.75, 3.05) is 0 Å². The summed E-state index contributed by atoms with van der Waals surface area (Å²) >= 11 is 0. The number of hydrogen-bond donors (Lipinski definition) is 0. The second kappa shape index (κ2) is 4.68. The van der Waals surface area contributed by atoms with E-state index in [1.54, 1.807) is 0 Å². The lowest BCUT2D eigenvalue weighted by atomic mass is 9.93. The zero-order valence-corrected chi connectivity index (χ0v) is 10.2. The van der Waals surface area contributed by atoms with E-state index in [1.165, 1.54) is 18.4 Å².